The average Bonchev–Trinajstić information content (AvgIpc) is 2.90. The molecular weight excluding hydrogens is 216 g/mol. The molecule has 3 heterocycles. The second-order valence-electron chi connectivity index (χ2n) is 5.01. The molecule has 2 aliphatic heterocycles. The maximum atomic E-state index is 5.73. The highest BCUT2D eigenvalue weighted by Gasteiger charge is 2.24. The summed E-state index contributed by atoms with van der Waals surface area (Å²) in [4.78, 5) is 4.63. The van der Waals surface area contributed by atoms with Crippen LogP contribution in [0.2, 0.25) is 0 Å². The van der Waals surface area contributed by atoms with Crippen molar-refractivity contribution in [1.29, 1.82) is 0 Å². The van der Waals surface area contributed by atoms with E-state index in [2.05, 4.69) is 10.3 Å². The van der Waals surface area contributed by atoms with Crippen LogP contribution in [0.4, 0.5) is 0 Å². The third kappa shape index (κ3) is 2.53. The molecule has 0 aromatic carbocycles. The number of hydrogen-bond donors (Lipinski definition) is 1. The Balaban J connectivity index is 1.68. The molecule has 0 radical (unpaired) electrons. The average molecular weight is 236 g/mol. The molecule has 1 aromatic rings. The molecule has 2 fully saturated rings. The Labute approximate surface area is 102 Å². The van der Waals surface area contributed by atoms with Crippen molar-refractivity contribution in [2.75, 3.05) is 19.7 Å². The lowest BCUT2D eigenvalue weighted by molar-refractivity contribution is 0.0122. The van der Waals surface area contributed by atoms with Crippen LogP contribution in [-0.4, -0.2) is 24.7 Å². The van der Waals surface area contributed by atoms with Crippen molar-refractivity contribution in [3.05, 3.63) is 17.8 Å². The van der Waals surface area contributed by atoms with E-state index in [1.165, 1.54) is 25.7 Å². The Morgan fingerprint density at radius 2 is 2.24 bits per heavy atom. The van der Waals surface area contributed by atoms with Gasteiger partial charge in [0.05, 0.1) is 0 Å². The molecule has 2 unspecified atom stereocenters. The Hall–Kier alpha value is -0.870. The third-order valence-electron chi connectivity index (χ3n) is 3.70. The summed E-state index contributed by atoms with van der Waals surface area (Å²) in [7, 11) is 0. The summed E-state index contributed by atoms with van der Waals surface area (Å²) >= 11 is 0. The minimum absolute atomic E-state index is 0.165. The molecule has 94 valence electrons. The predicted molar refractivity (Wildman–Crippen MR) is 63.9 cm³/mol. The predicted octanol–water partition coefficient (Wildman–Crippen LogP) is 2.38. The number of nitrogens with zero attached hydrogens (tertiary/aromatic N) is 1. The highest BCUT2D eigenvalue weighted by atomic mass is 16.5. The van der Waals surface area contributed by atoms with Crippen LogP contribution in [0.1, 0.15) is 55.7 Å². The zero-order valence-corrected chi connectivity index (χ0v) is 10.2. The molecule has 1 N–H and O–H groups in total. The first-order chi connectivity index (χ1) is 8.43. The van der Waals surface area contributed by atoms with Crippen LogP contribution in [0.25, 0.3) is 0 Å². The second-order valence-corrected chi connectivity index (χ2v) is 5.01. The van der Waals surface area contributed by atoms with Crippen LogP contribution in [-0.2, 0) is 4.74 Å². The number of hydrogen-bond acceptors (Lipinski definition) is 4. The summed E-state index contributed by atoms with van der Waals surface area (Å²) in [6.07, 6.45) is 7.83. The lowest BCUT2D eigenvalue weighted by Gasteiger charge is -2.21. The minimum atomic E-state index is 0.165. The van der Waals surface area contributed by atoms with Gasteiger partial charge in [-0.1, -0.05) is 0 Å². The lowest BCUT2D eigenvalue weighted by atomic mass is 10.00. The first kappa shape index (κ1) is 11.2. The van der Waals surface area contributed by atoms with Gasteiger partial charge in [-0.25, -0.2) is 4.98 Å². The van der Waals surface area contributed by atoms with Crippen LogP contribution in [0.3, 0.4) is 0 Å². The zero-order valence-electron chi connectivity index (χ0n) is 10.2. The van der Waals surface area contributed by atoms with Gasteiger partial charge in [-0.15, -0.1) is 0 Å². The first-order valence-electron chi connectivity index (χ1n) is 6.71. The molecule has 3 rings (SSSR count). The van der Waals surface area contributed by atoms with Crippen LogP contribution < -0.4 is 5.32 Å². The van der Waals surface area contributed by atoms with E-state index in [1.54, 1.807) is 6.26 Å². The van der Waals surface area contributed by atoms with Crippen LogP contribution >= 0.6 is 0 Å². The fraction of sp³-hybridized carbons (Fsp3) is 0.769. The van der Waals surface area contributed by atoms with Crippen LogP contribution in [0, 0.1) is 0 Å². The topological polar surface area (TPSA) is 47.3 Å². The summed E-state index contributed by atoms with van der Waals surface area (Å²) in [5, 5.41) is 3.39. The Bertz CT molecular complexity index is 320. The van der Waals surface area contributed by atoms with Crippen LogP contribution in [0.15, 0.2) is 10.7 Å². The van der Waals surface area contributed by atoms with E-state index in [0.717, 1.165) is 37.7 Å². The van der Waals surface area contributed by atoms with Gasteiger partial charge < -0.3 is 14.5 Å². The number of piperidine rings is 1. The van der Waals surface area contributed by atoms with Crippen molar-refractivity contribution < 1.29 is 9.15 Å². The molecule has 2 atom stereocenters. The fourth-order valence-corrected chi connectivity index (χ4v) is 2.67. The minimum Gasteiger partial charge on any atom is -0.448 e. The number of ether oxygens (including phenoxy) is 1. The highest BCUT2D eigenvalue weighted by molar-refractivity contribution is 5.06. The molecule has 17 heavy (non-hydrogen) atoms. The van der Waals surface area contributed by atoms with Gasteiger partial charge in [0.2, 0.25) is 0 Å². The molecule has 2 saturated heterocycles. The van der Waals surface area contributed by atoms with Gasteiger partial charge in [0, 0.05) is 19.1 Å². The Morgan fingerprint density at radius 3 is 3.00 bits per heavy atom. The normalized spacial score (nSPS) is 30.4. The summed E-state index contributed by atoms with van der Waals surface area (Å²) in [5.74, 6) is 1.34. The van der Waals surface area contributed by atoms with E-state index in [-0.39, 0.29) is 6.10 Å². The molecular formula is C13H20N2O2. The van der Waals surface area contributed by atoms with E-state index in [4.69, 9.17) is 9.15 Å². The van der Waals surface area contributed by atoms with E-state index in [9.17, 15) is 0 Å². The van der Waals surface area contributed by atoms with Gasteiger partial charge in [0.25, 0.3) is 0 Å². The molecule has 4 heteroatoms. The molecule has 0 amide bonds. The van der Waals surface area contributed by atoms with Crippen molar-refractivity contribution in [3.8, 4) is 0 Å². The van der Waals surface area contributed by atoms with Crippen molar-refractivity contribution in [1.82, 2.24) is 10.3 Å². The maximum Gasteiger partial charge on any atom is 0.198 e. The Kier molecular flexibility index (Phi) is 3.43. The molecule has 0 aliphatic carbocycles. The van der Waals surface area contributed by atoms with Crippen molar-refractivity contribution >= 4 is 0 Å². The number of oxazole rings is 1. The molecule has 0 saturated carbocycles. The SMILES string of the molecule is c1oc(C2CCCNC2)nc1C1CCCCO1. The molecule has 0 bridgehead atoms. The number of aromatic nitrogens is 1. The van der Waals surface area contributed by atoms with Gasteiger partial charge in [0.15, 0.2) is 5.89 Å². The monoisotopic (exact) mass is 236 g/mol. The number of nitrogens with one attached hydrogen (secondary N) is 1. The van der Waals surface area contributed by atoms with Gasteiger partial charge in [-0.05, 0) is 38.6 Å². The van der Waals surface area contributed by atoms with Crippen molar-refractivity contribution in [2.24, 2.45) is 0 Å². The summed E-state index contributed by atoms with van der Waals surface area (Å²) in [5.41, 5.74) is 0.991. The van der Waals surface area contributed by atoms with Crippen molar-refractivity contribution in [3.63, 3.8) is 0 Å². The van der Waals surface area contributed by atoms with Gasteiger partial charge in [-0.2, -0.15) is 0 Å². The van der Waals surface area contributed by atoms with E-state index < -0.39 is 0 Å². The maximum absolute atomic E-state index is 5.73. The highest BCUT2D eigenvalue weighted by Crippen LogP contribution is 2.29. The fourth-order valence-electron chi connectivity index (χ4n) is 2.67. The molecule has 4 nitrogen and oxygen atoms in total. The smallest absolute Gasteiger partial charge is 0.198 e. The largest absolute Gasteiger partial charge is 0.448 e. The summed E-state index contributed by atoms with van der Waals surface area (Å²) < 4.78 is 11.4. The quantitative estimate of drug-likeness (QED) is 0.856. The molecule has 1 aromatic heterocycles. The Morgan fingerprint density at radius 1 is 1.24 bits per heavy atom. The van der Waals surface area contributed by atoms with E-state index in [1.807, 2.05) is 0 Å². The second kappa shape index (κ2) is 5.19. The summed E-state index contributed by atoms with van der Waals surface area (Å²) in [6.45, 7) is 2.97. The molecule has 2 aliphatic rings. The van der Waals surface area contributed by atoms with Gasteiger partial charge in [-0.3, -0.25) is 0 Å². The van der Waals surface area contributed by atoms with E-state index >= 15 is 0 Å². The summed E-state index contributed by atoms with van der Waals surface area (Å²) in [6, 6.07) is 0. The van der Waals surface area contributed by atoms with E-state index in [0.29, 0.717) is 5.92 Å². The lowest BCUT2D eigenvalue weighted by Crippen LogP contribution is -2.28. The standard InChI is InChI=1S/C13H20N2O2/c1-2-7-16-12(5-1)11-9-17-13(15-11)10-4-3-6-14-8-10/h9-10,12,14H,1-8H2. The van der Waals surface area contributed by atoms with Gasteiger partial charge >= 0.3 is 0 Å². The zero-order chi connectivity index (χ0) is 11.5. The molecule has 0 spiro atoms. The van der Waals surface area contributed by atoms with Gasteiger partial charge in [0.1, 0.15) is 18.1 Å². The van der Waals surface area contributed by atoms with Crippen LogP contribution in [0.5, 0.6) is 0 Å². The number of rotatable bonds is 2. The third-order valence-corrected chi connectivity index (χ3v) is 3.70. The van der Waals surface area contributed by atoms with Crippen molar-refractivity contribution in [2.45, 2.75) is 44.1 Å². The first-order valence-corrected chi connectivity index (χ1v) is 6.71.